The molecule has 0 aliphatic rings. The number of halogens is 3. The van der Waals surface area contributed by atoms with Crippen LogP contribution in [0.5, 0.6) is 11.5 Å². The molecule has 0 aliphatic carbocycles. The third-order valence-electron chi connectivity index (χ3n) is 4.92. The molecule has 0 heterocycles. The van der Waals surface area contributed by atoms with Crippen molar-refractivity contribution in [1.82, 2.24) is 0 Å². The first-order valence-electron chi connectivity index (χ1n) is 9.62. The van der Waals surface area contributed by atoms with Crippen LogP contribution in [0.4, 0.5) is 14.5 Å². The summed E-state index contributed by atoms with van der Waals surface area (Å²) in [5.74, 6) is 1.38. The molecular weight excluding hydrogens is 472 g/mol. The van der Waals surface area contributed by atoms with Crippen LogP contribution in [-0.4, -0.2) is 29.2 Å². The fourth-order valence-corrected chi connectivity index (χ4v) is 4.94. The van der Waals surface area contributed by atoms with Gasteiger partial charge in [-0.15, -0.1) is 6.42 Å². The molecule has 33 heavy (non-hydrogen) atoms. The largest absolute Gasteiger partial charge is 0.493 e. The van der Waals surface area contributed by atoms with Gasteiger partial charge in [0, 0.05) is 23.1 Å². The molecule has 0 amide bonds. The maximum atomic E-state index is 14.3. The Hall–Kier alpha value is -3.28. The van der Waals surface area contributed by atoms with Crippen LogP contribution in [-0.2, 0) is 16.4 Å². The maximum absolute atomic E-state index is 14.3. The van der Waals surface area contributed by atoms with Crippen molar-refractivity contribution in [3.63, 3.8) is 0 Å². The average Bonchev–Trinajstić information content (AvgIpc) is 2.79. The molecule has 0 atom stereocenters. The second-order valence-electron chi connectivity index (χ2n) is 6.88. The highest BCUT2D eigenvalue weighted by Crippen LogP contribution is 2.35. The molecule has 172 valence electrons. The molecule has 9 heteroatoms. The zero-order valence-electron chi connectivity index (χ0n) is 17.8. The van der Waals surface area contributed by atoms with Crippen molar-refractivity contribution in [1.29, 1.82) is 0 Å². The van der Waals surface area contributed by atoms with Gasteiger partial charge in [0.1, 0.15) is 11.6 Å². The summed E-state index contributed by atoms with van der Waals surface area (Å²) in [4.78, 5) is -0.103. The smallest absolute Gasteiger partial charge is 0.265 e. The van der Waals surface area contributed by atoms with E-state index in [1.54, 1.807) is 0 Å². The van der Waals surface area contributed by atoms with E-state index in [1.165, 1.54) is 56.7 Å². The van der Waals surface area contributed by atoms with Crippen LogP contribution >= 0.6 is 11.6 Å². The predicted octanol–water partition coefficient (Wildman–Crippen LogP) is 5.05. The lowest BCUT2D eigenvalue weighted by molar-refractivity contribution is 0.354. The Kier molecular flexibility index (Phi) is 7.46. The first-order valence-corrected chi connectivity index (χ1v) is 11.4. The molecule has 0 saturated heterocycles. The molecular formula is C24H20ClF2NO4S. The Morgan fingerprint density at radius 2 is 1.67 bits per heavy atom. The van der Waals surface area contributed by atoms with Crippen molar-refractivity contribution in [2.24, 2.45) is 0 Å². The maximum Gasteiger partial charge on any atom is 0.265 e. The molecule has 0 saturated carbocycles. The van der Waals surface area contributed by atoms with Crippen LogP contribution in [0.15, 0.2) is 59.5 Å². The van der Waals surface area contributed by atoms with E-state index in [1.807, 2.05) is 0 Å². The number of rotatable bonds is 8. The minimum absolute atomic E-state index is 0.103. The Morgan fingerprint density at radius 1 is 1.00 bits per heavy atom. The quantitative estimate of drug-likeness (QED) is 0.414. The van der Waals surface area contributed by atoms with Gasteiger partial charge >= 0.3 is 0 Å². The van der Waals surface area contributed by atoms with Crippen LogP contribution in [0.3, 0.4) is 0 Å². The summed E-state index contributed by atoms with van der Waals surface area (Å²) in [6, 6.07) is 12.0. The third-order valence-corrected chi connectivity index (χ3v) is 6.91. The van der Waals surface area contributed by atoms with Crippen molar-refractivity contribution in [3.8, 4) is 23.8 Å². The molecule has 0 bridgehead atoms. The molecule has 5 nitrogen and oxygen atoms in total. The number of hydrogen-bond donors (Lipinski definition) is 0. The molecule has 0 aliphatic heterocycles. The number of nitrogens with zero attached hydrogens (tertiary/aromatic N) is 1. The average molecular weight is 492 g/mol. The van der Waals surface area contributed by atoms with E-state index in [9.17, 15) is 17.2 Å². The molecule has 0 spiro atoms. The van der Waals surface area contributed by atoms with E-state index in [0.717, 1.165) is 16.4 Å². The van der Waals surface area contributed by atoms with Crippen LogP contribution in [0.1, 0.15) is 11.1 Å². The summed E-state index contributed by atoms with van der Waals surface area (Å²) in [6.45, 7) is -0.328. The topological polar surface area (TPSA) is 55.8 Å². The second kappa shape index (κ2) is 10.1. The number of terminal acetylenes is 1. The number of hydrogen-bond acceptors (Lipinski definition) is 4. The van der Waals surface area contributed by atoms with Crippen molar-refractivity contribution in [2.75, 3.05) is 25.1 Å². The highest BCUT2D eigenvalue weighted by molar-refractivity contribution is 7.92. The lowest BCUT2D eigenvalue weighted by Crippen LogP contribution is -2.32. The van der Waals surface area contributed by atoms with Gasteiger partial charge in [0.25, 0.3) is 10.0 Å². The lowest BCUT2D eigenvalue weighted by Gasteiger charge is -2.25. The number of anilines is 1. The van der Waals surface area contributed by atoms with Gasteiger partial charge in [-0.05, 0) is 48.0 Å². The van der Waals surface area contributed by atoms with Gasteiger partial charge in [-0.1, -0.05) is 23.6 Å². The summed E-state index contributed by atoms with van der Waals surface area (Å²) < 4.78 is 67.1. The van der Waals surface area contributed by atoms with E-state index in [4.69, 9.17) is 27.5 Å². The zero-order valence-corrected chi connectivity index (χ0v) is 19.4. The standard InChI is InChI=1S/C24H20ClF2NO4S/c1-4-12-28(33(29,30)18-9-11-23(31-2)24(15-18)32-3)22-10-8-17(25)13-16(22)14-19-20(26)6-5-7-21(19)27/h1,5-11,13,15H,12,14H2,2-3H3. The summed E-state index contributed by atoms with van der Waals surface area (Å²) in [7, 11) is -1.39. The number of benzene rings is 3. The Bertz CT molecular complexity index is 1300. The van der Waals surface area contributed by atoms with E-state index >= 15 is 0 Å². The van der Waals surface area contributed by atoms with Crippen molar-refractivity contribution < 1.29 is 26.7 Å². The van der Waals surface area contributed by atoms with Gasteiger partial charge in [0.2, 0.25) is 0 Å². The van der Waals surface area contributed by atoms with Crippen molar-refractivity contribution >= 4 is 27.3 Å². The van der Waals surface area contributed by atoms with E-state index in [2.05, 4.69) is 5.92 Å². The second-order valence-corrected chi connectivity index (χ2v) is 9.18. The molecule has 3 aromatic carbocycles. The van der Waals surface area contributed by atoms with Crippen LogP contribution in [0, 0.1) is 24.0 Å². The first-order chi connectivity index (χ1) is 15.7. The first kappa shape index (κ1) is 24.4. The van der Waals surface area contributed by atoms with Crippen LogP contribution in [0.2, 0.25) is 5.02 Å². The zero-order chi connectivity index (χ0) is 24.2. The van der Waals surface area contributed by atoms with E-state index < -0.39 is 21.7 Å². The fourth-order valence-electron chi connectivity index (χ4n) is 3.32. The summed E-state index contributed by atoms with van der Waals surface area (Å²) in [6.07, 6.45) is 5.24. The summed E-state index contributed by atoms with van der Waals surface area (Å²) in [5, 5.41) is 0.273. The van der Waals surface area contributed by atoms with E-state index in [0.29, 0.717) is 5.75 Å². The minimum Gasteiger partial charge on any atom is -0.493 e. The minimum atomic E-state index is -4.20. The van der Waals surface area contributed by atoms with E-state index in [-0.39, 0.29) is 45.4 Å². The van der Waals surface area contributed by atoms with Gasteiger partial charge in [0.05, 0.1) is 31.3 Å². The normalized spacial score (nSPS) is 11.0. The van der Waals surface area contributed by atoms with Crippen molar-refractivity contribution in [3.05, 3.63) is 82.4 Å². The van der Waals surface area contributed by atoms with Gasteiger partial charge < -0.3 is 9.47 Å². The van der Waals surface area contributed by atoms with Crippen LogP contribution in [0.25, 0.3) is 0 Å². The van der Waals surface area contributed by atoms with Crippen LogP contribution < -0.4 is 13.8 Å². The molecule has 3 rings (SSSR count). The SMILES string of the molecule is C#CCN(c1ccc(Cl)cc1Cc1c(F)cccc1F)S(=O)(=O)c1ccc(OC)c(OC)c1. The Balaban J connectivity index is 2.15. The molecule has 0 radical (unpaired) electrons. The lowest BCUT2D eigenvalue weighted by atomic mass is 10.0. The Morgan fingerprint density at radius 3 is 2.27 bits per heavy atom. The molecule has 3 aromatic rings. The molecule has 0 aromatic heterocycles. The number of sulfonamides is 1. The Labute approximate surface area is 196 Å². The fraction of sp³-hybridized carbons (Fsp3) is 0.167. The van der Waals surface area contributed by atoms with Gasteiger partial charge in [-0.25, -0.2) is 17.2 Å². The molecule has 0 unspecified atom stereocenters. The van der Waals surface area contributed by atoms with Gasteiger partial charge in [-0.3, -0.25) is 4.31 Å². The highest BCUT2D eigenvalue weighted by atomic mass is 35.5. The third kappa shape index (κ3) is 5.05. The van der Waals surface area contributed by atoms with Gasteiger partial charge in [-0.2, -0.15) is 0 Å². The molecule has 0 fully saturated rings. The predicted molar refractivity (Wildman–Crippen MR) is 124 cm³/mol. The number of ether oxygens (including phenoxy) is 2. The summed E-state index contributed by atoms with van der Waals surface area (Å²) in [5.41, 5.74) is 0.214. The van der Waals surface area contributed by atoms with Gasteiger partial charge in [0.15, 0.2) is 11.5 Å². The summed E-state index contributed by atoms with van der Waals surface area (Å²) >= 11 is 6.12. The monoisotopic (exact) mass is 491 g/mol. The number of methoxy groups -OCH3 is 2. The van der Waals surface area contributed by atoms with Crippen molar-refractivity contribution in [2.45, 2.75) is 11.3 Å². The molecule has 0 N–H and O–H groups in total. The highest BCUT2D eigenvalue weighted by Gasteiger charge is 2.28.